The van der Waals surface area contributed by atoms with Crippen LogP contribution in [0.2, 0.25) is 0 Å². The average molecular weight is 317 g/mol. The molecule has 19 heavy (non-hydrogen) atoms. The smallest absolute Gasteiger partial charge is 0.132 e. The monoisotopic (exact) mass is 316 g/mol. The molecule has 0 saturated heterocycles. The van der Waals surface area contributed by atoms with Gasteiger partial charge in [-0.2, -0.15) is 0 Å². The van der Waals surface area contributed by atoms with Crippen molar-refractivity contribution in [2.24, 2.45) is 0 Å². The summed E-state index contributed by atoms with van der Waals surface area (Å²) in [5, 5.41) is 0.855. The first kappa shape index (κ1) is 12.7. The van der Waals surface area contributed by atoms with E-state index in [1.807, 2.05) is 12.3 Å². The molecule has 0 amide bonds. The molecule has 0 atom stereocenters. The van der Waals surface area contributed by atoms with Gasteiger partial charge in [0, 0.05) is 30.2 Å². The number of anilines is 1. The lowest BCUT2D eigenvalue weighted by Crippen LogP contribution is -2.24. The van der Waals surface area contributed by atoms with Gasteiger partial charge < -0.3 is 4.90 Å². The summed E-state index contributed by atoms with van der Waals surface area (Å²) >= 11 is 3.56. The lowest BCUT2D eigenvalue weighted by molar-refractivity contribution is 0.751. The molecule has 98 valence electrons. The summed E-state index contributed by atoms with van der Waals surface area (Å²) in [5.74, 6) is 1.12. The Morgan fingerprint density at radius 2 is 1.95 bits per heavy atom. The van der Waals surface area contributed by atoms with Gasteiger partial charge in [0.2, 0.25) is 0 Å². The lowest BCUT2D eigenvalue weighted by atomic mass is 10.0. The first-order valence-electron chi connectivity index (χ1n) is 6.70. The summed E-state index contributed by atoms with van der Waals surface area (Å²) < 4.78 is 0. The Morgan fingerprint density at radius 3 is 2.79 bits per heavy atom. The van der Waals surface area contributed by atoms with Gasteiger partial charge in [-0.3, -0.25) is 0 Å². The van der Waals surface area contributed by atoms with Crippen LogP contribution >= 0.6 is 15.9 Å². The van der Waals surface area contributed by atoms with Crippen molar-refractivity contribution in [3.05, 3.63) is 59.3 Å². The van der Waals surface area contributed by atoms with Crippen LogP contribution in [0, 0.1) is 0 Å². The van der Waals surface area contributed by atoms with Crippen molar-refractivity contribution in [2.75, 3.05) is 11.4 Å². The fraction of sp³-hybridized carbons (Fsp3) is 0.312. The molecule has 1 aromatic carbocycles. The predicted octanol–water partition coefficient (Wildman–Crippen LogP) is 3.93. The van der Waals surface area contributed by atoms with Crippen LogP contribution in [-0.4, -0.2) is 11.5 Å². The minimum Gasteiger partial charge on any atom is -0.352 e. The minimum atomic E-state index is 0.855. The summed E-state index contributed by atoms with van der Waals surface area (Å²) in [6.45, 7) is 2.04. The van der Waals surface area contributed by atoms with Gasteiger partial charge in [0.15, 0.2) is 0 Å². The maximum absolute atomic E-state index is 4.58. The molecule has 0 bridgehead atoms. The van der Waals surface area contributed by atoms with Crippen LogP contribution in [-0.2, 0) is 18.3 Å². The highest BCUT2D eigenvalue weighted by atomic mass is 79.9. The van der Waals surface area contributed by atoms with E-state index in [-0.39, 0.29) is 0 Å². The van der Waals surface area contributed by atoms with E-state index in [1.165, 1.54) is 29.5 Å². The largest absolute Gasteiger partial charge is 0.352 e. The van der Waals surface area contributed by atoms with E-state index in [9.17, 15) is 0 Å². The zero-order valence-electron chi connectivity index (χ0n) is 10.8. The molecular weight excluding hydrogens is 300 g/mol. The molecule has 0 fully saturated rings. The molecule has 1 aliphatic heterocycles. The molecule has 2 aromatic rings. The van der Waals surface area contributed by atoms with Gasteiger partial charge in [-0.1, -0.05) is 46.3 Å². The SMILES string of the molecule is BrCc1cccnc1N1CCCc2ccccc2C1. The van der Waals surface area contributed by atoms with Gasteiger partial charge in [-0.15, -0.1) is 0 Å². The molecule has 3 heteroatoms. The van der Waals surface area contributed by atoms with Crippen molar-refractivity contribution in [1.82, 2.24) is 4.98 Å². The maximum atomic E-state index is 4.58. The highest BCUT2D eigenvalue weighted by molar-refractivity contribution is 9.08. The number of halogens is 1. The van der Waals surface area contributed by atoms with Gasteiger partial charge in [0.05, 0.1) is 0 Å². The Labute approximate surface area is 122 Å². The van der Waals surface area contributed by atoms with Crippen LogP contribution in [0.3, 0.4) is 0 Å². The fourth-order valence-electron chi connectivity index (χ4n) is 2.70. The molecular formula is C16H17BrN2. The average Bonchev–Trinajstić information content (AvgIpc) is 2.69. The molecule has 0 spiro atoms. The molecule has 0 N–H and O–H groups in total. The van der Waals surface area contributed by atoms with Gasteiger partial charge in [0.25, 0.3) is 0 Å². The summed E-state index contributed by atoms with van der Waals surface area (Å²) in [6.07, 6.45) is 4.25. The molecule has 3 rings (SSSR count). The molecule has 0 unspecified atom stereocenters. The number of benzene rings is 1. The Balaban J connectivity index is 1.94. The number of aromatic nitrogens is 1. The number of hydrogen-bond donors (Lipinski definition) is 0. The maximum Gasteiger partial charge on any atom is 0.132 e. The van der Waals surface area contributed by atoms with Crippen molar-refractivity contribution < 1.29 is 0 Å². The summed E-state index contributed by atoms with van der Waals surface area (Å²) in [4.78, 5) is 6.99. The van der Waals surface area contributed by atoms with Crippen molar-refractivity contribution in [3.63, 3.8) is 0 Å². The molecule has 1 aliphatic rings. The quantitative estimate of drug-likeness (QED) is 0.780. The number of rotatable bonds is 2. The van der Waals surface area contributed by atoms with E-state index < -0.39 is 0 Å². The van der Waals surface area contributed by atoms with E-state index >= 15 is 0 Å². The van der Waals surface area contributed by atoms with Crippen molar-refractivity contribution >= 4 is 21.7 Å². The van der Waals surface area contributed by atoms with Crippen molar-refractivity contribution in [2.45, 2.75) is 24.7 Å². The van der Waals surface area contributed by atoms with Crippen molar-refractivity contribution in [1.29, 1.82) is 0 Å². The topological polar surface area (TPSA) is 16.1 Å². The van der Waals surface area contributed by atoms with Crippen LogP contribution in [0.1, 0.15) is 23.1 Å². The van der Waals surface area contributed by atoms with Crippen LogP contribution in [0.15, 0.2) is 42.6 Å². The number of aryl methyl sites for hydroxylation is 1. The van der Waals surface area contributed by atoms with Crippen LogP contribution in [0.5, 0.6) is 0 Å². The highest BCUT2D eigenvalue weighted by Crippen LogP contribution is 2.26. The van der Waals surface area contributed by atoms with Crippen LogP contribution in [0.25, 0.3) is 0 Å². The number of alkyl halides is 1. The van der Waals surface area contributed by atoms with Crippen molar-refractivity contribution in [3.8, 4) is 0 Å². The second kappa shape index (κ2) is 5.74. The predicted molar refractivity (Wildman–Crippen MR) is 82.7 cm³/mol. The molecule has 1 aromatic heterocycles. The molecule has 0 radical (unpaired) electrons. The number of nitrogens with zero attached hydrogens (tertiary/aromatic N) is 2. The summed E-state index contributed by atoms with van der Waals surface area (Å²) in [6, 6.07) is 12.9. The number of pyridine rings is 1. The normalized spacial score (nSPS) is 14.9. The standard InChI is InChI=1S/C16H17BrN2/c17-11-14-7-3-9-18-16(14)19-10-4-8-13-5-1-2-6-15(13)12-19/h1-3,5-7,9H,4,8,10-12H2. The zero-order chi connectivity index (χ0) is 13.1. The second-order valence-corrected chi connectivity index (χ2v) is 5.47. The first-order chi connectivity index (χ1) is 9.38. The molecule has 0 aliphatic carbocycles. The van der Waals surface area contributed by atoms with Crippen LogP contribution < -0.4 is 4.90 Å². The fourth-order valence-corrected chi connectivity index (χ4v) is 3.14. The zero-order valence-corrected chi connectivity index (χ0v) is 12.4. The molecule has 2 nitrogen and oxygen atoms in total. The number of hydrogen-bond acceptors (Lipinski definition) is 2. The van der Waals surface area contributed by atoms with Gasteiger partial charge in [-0.05, 0) is 30.0 Å². The van der Waals surface area contributed by atoms with E-state index in [2.05, 4.69) is 56.1 Å². The molecule has 0 saturated carbocycles. The van der Waals surface area contributed by atoms with E-state index in [1.54, 1.807) is 0 Å². The Hall–Kier alpha value is -1.35. The van der Waals surface area contributed by atoms with Gasteiger partial charge >= 0.3 is 0 Å². The summed E-state index contributed by atoms with van der Waals surface area (Å²) in [7, 11) is 0. The number of fused-ring (bicyclic) bond motifs is 1. The highest BCUT2D eigenvalue weighted by Gasteiger charge is 2.17. The van der Waals surface area contributed by atoms with Gasteiger partial charge in [0.1, 0.15) is 5.82 Å². The van der Waals surface area contributed by atoms with Gasteiger partial charge in [-0.25, -0.2) is 4.98 Å². The Kier molecular flexibility index (Phi) is 3.83. The third kappa shape index (κ3) is 2.66. The van der Waals surface area contributed by atoms with E-state index in [0.29, 0.717) is 0 Å². The lowest BCUT2D eigenvalue weighted by Gasteiger charge is -2.24. The second-order valence-electron chi connectivity index (χ2n) is 4.91. The molecule has 2 heterocycles. The third-order valence-electron chi connectivity index (χ3n) is 3.66. The third-order valence-corrected chi connectivity index (χ3v) is 4.27. The minimum absolute atomic E-state index is 0.855. The summed E-state index contributed by atoms with van der Waals surface area (Å²) in [5.41, 5.74) is 4.19. The Morgan fingerprint density at radius 1 is 1.11 bits per heavy atom. The van der Waals surface area contributed by atoms with Crippen LogP contribution in [0.4, 0.5) is 5.82 Å². The van der Waals surface area contributed by atoms with E-state index in [0.717, 1.165) is 24.2 Å². The first-order valence-corrected chi connectivity index (χ1v) is 7.82. The Bertz CT molecular complexity index is 568. The van der Waals surface area contributed by atoms with E-state index in [4.69, 9.17) is 0 Å².